The molecule has 0 aromatic heterocycles. The Bertz CT molecular complexity index is 931. The van der Waals surface area contributed by atoms with Gasteiger partial charge in [-0.2, -0.15) is 0 Å². The number of para-hydroxylation sites is 1. The molecule has 4 rings (SSSR count). The molecule has 0 bridgehead atoms. The van der Waals surface area contributed by atoms with Gasteiger partial charge in [-0.1, -0.05) is 18.2 Å². The molecule has 2 aromatic carbocycles. The smallest absolute Gasteiger partial charge is 0.410 e. The molecular weight excluding hydrogens is 380 g/mol. The first-order chi connectivity index (χ1) is 14.4. The zero-order valence-electron chi connectivity index (χ0n) is 17.8. The average molecular weight is 408 g/mol. The normalized spacial score (nSPS) is 18.0. The first kappa shape index (κ1) is 20.3. The van der Waals surface area contributed by atoms with E-state index in [1.54, 1.807) is 4.90 Å². The maximum absolute atomic E-state index is 12.4. The molecule has 1 saturated heterocycles. The van der Waals surface area contributed by atoms with Crippen LogP contribution in [0.2, 0.25) is 0 Å². The van der Waals surface area contributed by atoms with Crippen molar-refractivity contribution in [1.29, 1.82) is 0 Å². The Hall–Kier alpha value is -3.02. The molecule has 0 saturated carbocycles. The van der Waals surface area contributed by atoms with E-state index in [0.29, 0.717) is 25.5 Å². The minimum atomic E-state index is -0.494. The Morgan fingerprint density at radius 3 is 2.57 bits per heavy atom. The van der Waals surface area contributed by atoms with Crippen molar-refractivity contribution < 1.29 is 19.0 Å². The van der Waals surface area contributed by atoms with Crippen molar-refractivity contribution >= 4 is 17.7 Å². The van der Waals surface area contributed by atoms with Gasteiger partial charge in [-0.05, 0) is 69.5 Å². The van der Waals surface area contributed by atoms with Gasteiger partial charge >= 0.3 is 6.09 Å². The fraction of sp³-hybridized carbons (Fsp3) is 0.417. The SMILES string of the molecule is CC(C)(C)OC(=O)N1CCCC1COc1ccc(OC2=Nc3ccccc3C2)cc1. The van der Waals surface area contributed by atoms with Crippen LogP contribution in [0.3, 0.4) is 0 Å². The fourth-order valence-electron chi connectivity index (χ4n) is 3.67. The summed E-state index contributed by atoms with van der Waals surface area (Å²) in [4.78, 5) is 18.7. The molecule has 30 heavy (non-hydrogen) atoms. The highest BCUT2D eigenvalue weighted by Gasteiger charge is 2.32. The third-order valence-electron chi connectivity index (χ3n) is 5.09. The number of hydrogen-bond donors (Lipinski definition) is 0. The van der Waals surface area contributed by atoms with E-state index in [2.05, 4.69) is 11.1 Å². The number of carbonyl (C=O) groups excluding carboxylic acids is 1. The van der Waals surface area contributed by atoms with Gasteiger partial charge in [0.2, 0.25) is 0 Å². The molecule has 1 fully saturated rings. The first-order valence-corrected chi connectivity index (χ1v) is 10.4. The molecule has 158 valence electrons. The molecule has 0 aliphatic carbocycles. The summed E-state index contributed by atoms with van der Waals surface area (Å²) < 4.78 is 17.4. The molecule has 1 atom stereocenters. The van der Waals surface area contributed by atoms with Gasteiger partial charge in [-0.3, -0.25) is 0 Å². The zero-order chi connectivity index (χ0) is 21.1. The average Bonchev–Trinajstić information content (AvgIpc) is 3.32. The van der Waals surface area contributed by atoms with Gasteiger partial charge in [-0.25, -0.2) is 9.79 Å². The van der Waals surface area contributed by atoms with Gasteiger partial charge in [0.1, 0.15) is 23.7 Å². The van der Waals surface area contributed by atoms with Gasteiger partial charge in [-0.15, -0.1) is 0 Å². The number of nitrogens with zero attached hydrogens (tertiary/aromatic N) is 2. The van der Waals surface area contributed by atoms with Crippen LogP contribution in [0, 0.1) is 0 Å². The monoisotopic (exact) mass is 408 g/mol. The minimum absolute atomic E-state index is 0.0297. The fourth-order valence-corrected chi connectivity index (χ4v) is 3.67. The van der Waals surface area contributed by atoms with E-state index in [4.69, 9.17) is 14.2 Å². The van der Waals surface area contributed by atoms with Crippen LogP contribution in [0.25, 0.3) is 0 Å². The van der Waals surface area contributed by atoms with E-state index in [1.165, 1.54) is 5.56 Å². The van der Waals surface area contributed by atoms with Crippen molar-refractivity contribution in [2.45, 2.75) is 51.7 Å². The highest BCUT2D eigenvalue weighted by atomic mass is 16.6. The van der Waals surface area contributed by atoms with Crippen molar-refractivity contribution in [1.82, 2.24) is 4.90 Å². The Kier molecular flexibility index (Phi) is 5.66. The van der Waals surface area contributed by atoms with E-state index in [0.717, 1.165) is 30.0 Å². The van der Waals surface area contributed by atoms with E-state index in [-0.39, 0.29) is 12.1 Å². The molecule has 2 aromatic rings. The maximum atomic E-state index is 12.4. The Morgan fingerprint density at radius 2 is 1.83 bits per heavy atom. The van der Waals surface area contributed by atoms with Gasteiger partial charge in [0, 0.05) is 6.54 Å². The number of likely N-dealkylation sites (tertiary alicyclic amines) is 1. The summed E-state index contributed by atoms with van der Waals surface area (Å²) in [6, 6.07) is 15.6. The van der Waals surface area contributed by atoms with Gasteiger partial charge in [0.15, 0.2) is 5.90 Å². The van der Waals surface area contributed by atoms with Crippen LogP contribution < -0.4 is 9.47 Å². The minimum Gasteiger partial charge on any atom is -0.491 e. The number of rotatable bonds is 4. The largest absolute Gasteiger partial charge is 0.491 e. The lowest BCUT2D eigenvalue weighted by Gasteiger charge is -2.28. The maximum Gasteiger partial charge on any atom is 0.410 e. The predicted octanol–water partition coefficient (Wildman–Crippen LogP) is 5.13. The van der Waals surface area contributed by atoms with Gasteiger partial charge in [0.05, 0.1) is 18.2 Å². The molecule has 1 amide bonds. The summed E-state index contributed by atoms with van der Waals surface area (Å²) in [6.45, 7) is 6.80. The zero-order valence-corrected chi connectivity index (χ0v) is 17.8. The summed E-state index contributed by atoms with van der Waals surface area (Å²) in [5.41, 5.74) is 1.66. The van der Waals surface area contributed by atoms with E-state index in [1.807, 2.05) is 63.2 Å². The van der Waals surface area contributed by atoms with Crippen LogP contribution in [-0.2, 0) is 11.2 Å². The van der Waals surface area contributed by atoms with Crippen LogP contribution >= 0.6 is 0 Å². The quantitative estimate of drug-likeness (QED) is 0.704. The molecule has 1 unspecified atom stereocenters. The highest BCUT2D eigenvalue weighted by molar-refractivity contribution is 5.89. The summed E-state index contributed by atoms with van der Waals surface area (Å²) in [5, 5.41) is 0. The van der Waals surface area contributed by atoms with Crippen molar-refractivity contribution in [2.24, 2.45) is 4.99 Å². The number of fused-ring (bicyclic) bond motifs is 1. The number of amides is 1. The second kappa shape index (κ2) is 8.38. The van der Waals surface area contributed by atoms with E-state index >= 15 is 0 Å². The summed E-state index contributed by atoms with van der Waals surface area (Å²) >= 11 is 0. The molecule has 2 aliphatic rings. The van der Waals surface area contributed by atoms with E-state index < -0.39 is 5.60 Å². The lowest BCUT2D eigenvalue weighted by Crippen LogP contribution is -2.42. The van der Waals surface area contributed by atoms with Gasteiger partial charge in [0.25, 0.3) is 0 Å². The van der Waals surface area contributed by atoms with Crippen LogP contribution in [0.1, 0.15) is 39.2 Å². The standard InChI is InChI=1S/C24H28N2O4/c1-24(2,3)30-23(27)26-14-6-8-18(26)16-28-19-10-12-20(13-11-19)29-22-15-17-7-4-5-9-21(17)25-22/h4-5,7,9-13,18H,6,8,14-16H2,1-3H3. The second-order valence-electron chi connectivity index (χ2n) is 8.67. The van der Waals surface area contributed by atoms with Crippen LogP contribution in [0.15, 0.2) is 53.5 Å². The van der Waals surface area contributed by atoms with Crippen molar-refractivity contribution in [3.05, 3.63) is 54.1 Å². The molecule has 6 heteroatoms. The lowest BCUT2D eigenvalue weighted by atomic mass is 10.1. The Labute approximate surface area is 177 Å². The number of ether oxygens (including phenoxy) is 3. The van der Waals surface area contributed by atoms with Gasteiger partial charge < -0.3 is 19.1 Å². The Morgan fingerprint density at radius 1 is 1.10 bits per heavy atom. The topological polar surface area (TPSA) is 60.4 Å². The molecule has 2 heterocycles. The van der Waals surface area contributed by atoms with Crippen molar-refractivity contribution in [3.63, 3.8) is 0 Å². The molecule has 0 N–H and O–H groups in total. The number of carbonyl (C=O) groups is 1. The van der Waals surface area contributed by atoms with E-state index in [9.17, 15) is 4.79 Å². The molecular formula is C24H28N2O4. The molecule has 2 aliphatic heterocycles. The van der Waals surface area contributed by atoms with Crippen molar-refractivity contribution in [3.8, 4) is 11.5 Å². The molecule has 6 nitrogen and oxygen atoms in total. The third kappa shape index (κ3) is 4.93. The summed E-state index contributed by atoms with van der Waals surface area (Å²) in [7, 11) is 0. The number of aliphatic imine (C=N–C) groups is 1. The van der Waals surface area contributed by atoms with Crippen LogP contribution in [0.5, 0.6) is 11.5 Å². The first-order valence-electron chi connectivity index (χ1n) is 10.4. The lowest BCUT2D eigenvalue weighted by molar-refractivity contribution is 0.0187. The summed E-state index contributed by atoms with van der Waals surface area (Å²) in [6.07, 6.45) is 2.32. The number of hydrogen-bond acceptors (Lipinski definition) is 5. The Balaban J connectivity index is 1.29. The molecule has 0 radical (unpaired) electrons. The number of benzene rings is 2. The second-order valence-corrected chi connectivity index (χ2v) is 8.67. The highest BCUT2D eigenvalue weighted by Crippen LogP contribution is 2.28. The van der Waals surface area contributed by atoms with Crippen molar-refractivity contribution in [2.75, 3.05) is 13.2 Å². The van der Waals surface area contributed by atoms with Crippen LogP contribution in [-0.4, -0.2) is 41.7 Å². The summed E-state index contributed by atoms with van der Waals surface area (Å²) in [5.74, 6) is 2.17. The predicted molar refractivity (Wildman–Crippen MR) is 116 cm³/mol. The van der Waals surface area contributed by atoms with Crippen LogP contribution in [0.4, 0.5) is 10.5 Å². The third-order valence-corrected chi connectivity index (χ3v) is 5.09. The molecule has 0 spiro atoms.